The van der Waals surface area contributed by atoms with Crippen LogP contribution in [0.2, 0.25) is 0 Å². The van der Waals surface area contributed by atoms with E-state index in [2.05, 4.69) is 21.0 Å². The van der Waals surface area contributed by atoms with E-state index in [4.69, 9.17) is 0 Å². The van der Waals surface area contributed by atoms with Gasteiger partial charge in [-0.25, -0.2) is 4.68 Å². The summed E-state index contributed by atoms with van der Waals surface area (Å²) in [5.41, 5.74) is 0.995. The van der Waals surface area contributed by atoms with Crippen LogP contribution < -0.4 is 0 Å². The second-order valence-corrected chi connectivity index (χ2v) is 4.57. The van der Waals surface area contributed by atoms with Gasteiger partial charge in [0.25, 0.3) is 0 Å². The molecule has 18 heavy (non-hydrogen) atoms. The Kier molecular flexibility index (Phi) is 3.75. The van der Waals surface area contributed by atoms with Crippen LogP contribution in [-0.2, 0) is 12.6 Å². The van der Waals surface area contributed by atoms with Gasteiger partial charge in [-0.2, -0.15) is 18.3 Å². The van der Waals surface area contributed by atoms with Gasteiger partial charge in [-0.15, -0.1) is 0 Å². The summed E-state index contributed by atoms with van der Waals surface area (Å²) in [7, 11) is 0. The molecule has 1 heterocycles. The molecule has 0 unspecified atom stereocenters. The molecular formula is C12H10BrF3N2. The molecule has 0 bridgehead atoms. The third kappa shape index (κ3) is 2.93. The van der Waals surface area contributed by atoms with E-state index in [0.717, 1.165) is 29.4 Å². The van der Waals surface area contributed by atoms with E-state index in [1.807, 2.05) is 6.20 Å². The van der Waals surface area contributed by atoms with Crippen molar-refractivity contribution in [2.45, 2.75) is 12.6 Å². The van der Waals surface area contributed by atoms with E-state index in [1.54, 1.807) is 10.9 Å². The van der Waals surface area contributed by atoms with Gasteiger partial charge in [0.05, 0.1) is 17.4 Å². The molecule has 96 valence electrons. The zero-order valence-corrected chi connectivity index (χ0v) is 10.9. The molecule has 0 saturated carbocycles. The van der Waals surface area contributed by atoms with Gasteiger partial charge in [0.2, 0.25) is 0 Å². The lowest BCUT2D eigenvalue weighted by Crippen LogP contribution is -2.05. The summed E-state index contributed by atoms with van der Waals surface area (Å²) in [6.45, 7) is 0. The van der Waals surface area contributed by atoms with Gasteiger partial charge in [-0.3, -0.25) is 0 Å². The Morgan fingerprint density at radius 3 is 2.39 bits per heavy atom. The molecule has 0 saturated heterocycles. The summed E-state index contributed by atoms with van der Waals surface area (Å²) >= 11 is 3.32. The lowest BCUT2D eigenvalue weighted by molar-refractivity contribution is -0.137. The zero-order valence-electron chi connectivity index (χ0n) is 9.28. The van der Waals surface area contributed by atoms with Crippen molar-refractivity contribution in [2.24, 2.45) is 0 Å². The topological polar surface area (TPSA) is 17.8 Å². The van der Waals surface area contributed by atoms with Crippen molar-refractivity contribution >= 4 is 15.9 Å². The maximum atomic E-state index is 12.4. The molecule has 0 radical (unpaired) electrons. The lowest BCUT2D eigenvalue weighted by Gasteiger charge is -2.07. The Bertz CT molecular complexity index is 517. The molecule has 0 aliphatic carbocycles. The molecule has 0 spiro atoms. The highest BCUT2D eigenvalue weighted by Gasteiger charge is 2.29. The van der Waals surface area contributed by atoms with Crippen molar-refractivity contribution in [3.63, 3.8) is 0 Å². The van der Waals surface area contributed by atoms with Crippen LogP contribution in [0.1, 0.15) is 11.1 Å². The minimum Gasteiger partial charge on any atom is -0.241 e. The summed E-state index contributed by atoms with van der Waals surface area (Å²) in [6, 6.07) is 4.93. The molecular weight excluding hydrogens is 309 g/mol. The van der Waals surface area contributed by atoms with Crippen LogP contribution in [0.15, 0.2) is 36.7 Å². The van der Waals surface area contributed by atoms with Crippen molar-refractivity contribution in [2.75, 3.05) is 5.33 Å². The third-order valence-corrected chi connectivity index (χ3v) is 2.87. The molecule has 0 N–H and O–H groups in total. The number of alkyl halides is 4. The Labute approximate surface area is 111 Å². The van der Waals surface area contributed by atoms with Crippen LogP contribution in [-0.4, -0.2) is 15.1 Å². The number of nitrogens with zero attached hydrogens (tertiary/aromatic N) is 2. The van der Waals surface area contributed by atoms with Crippen LogP contribution in [0, 0.1) is 0 Å². The number of hydrogen-bond acceptors (Lipinski definition) is 1. The number of hydrogen-bond donors (Lipinski definition) is 0. The van der Waals surface area contributed by atoms with Gasteiger partial charge < -0.3 is 0 Å². The largest absolute Gasteiger partial charge is 0.416 e. The molecule has 0 aliphatic rings. The quantitative estimate of drug-likeness (QED) is 0.786. The minimum absolute atomic E-state index is 0.615. The van der Waals surface area contributed by atoms with E-state index in [1.165, 1.54) is 12.1 Å². The van der Waals surface area contributed by atoms with Crippen LogP contribution in [0.5, 0.6) is 0 Å². The first-order valence-electron chi connectivity index (χ1n) is 5.28. The van der Waals surface area contributed by atoms with E-state index >= 15 is 0 Å². The Hall–Kier alpha value is -1.30. The van der Waals surface area contributed by atoms with Crippen molar-refractivity contribution in [3.8, 4) is 5.69 Å². The van der Waals surface area contributed by atoms with E-state index in [0.29, 0.717) is 5.69 Å². The summed E-state index contributed by atoms with van der Waals surface area (Å²) < 4.78 is 38.8. The maximum absolute atomic E-state index is 12.4. The molecule has 2 rings (SSSR count). The fourth-order valence-corrected chi connectivity index (χ4v) is 2.00. The second kappa shape index (κ2) is 5.14. The highest BCUT2D eigenvalue weighted by Crippen LogP contribution is 2.29. The summed E-state index contributed by atoms with van der Waals surface area (Å²) in [5, 5.41) is 4.94. The fraction of sp³-hybridized carbons (Fsp3) is 0.250. The summed E-state index contributed by atoms with van der Waals surface area (Å²) in [6.07, 6.45) is 0.0488. The van der Waals surface area contributed by atoms with Gasteiger partial charge in [-0.1, -0.05) is 15.9 Å². The summed E-state index contributed by atoms with van der Waals surface area (Å²) in [5.74, 6) is 0. The normalized spacial score (nSPS) is 11.8. The highest BCUT2D eigenvalue weighted by molar-refractivity contribution is 9.09. The van der Waals surface area contributed by atoms with Crippen LogP contribution in [0.4, 0.5) is 13.2 Å². The van der Waals surface area contributed by atoms with Crippen LogP contribution in [0.25, 0.3) is 5.69 Å². The van der Waals surface area contributed by atoms with Crippen molar-refractivity contribution < 1.29 is 13.2 Å². The Morgan fingerprint density at radius 1 is 1.17 bits per heavy atom. The molecule has 0 amide bonds. The first kappa shape index (κ1) is 13.1. The molecule has 1 aromatic carbocycles. The van der Waals surface area contributed by atoms with E-state index in [9.17, 15) is 13.2 Å². The summed E-state index contributed by atoms with van der Waals surface area (Å²) in [4.78, 5) is 0. The highest BCUT2D eigenvalue weighted by atomic mass is 79.9. The number of aromatic nitrogens is 2. The lowest BCUT2D eigenvalue weighted by atomic mass is 10.2. The number of benzene rings is 1. The number of halogens is 4. The van der Waals surface area contributed by atoms with Gasteiger partial charge >= 0.3 is 6.18 Å². The standard InChI is InChI=1S/C12H10BrF3N2/c13-6-5-9-7-17-18(8-9)11-3-1-10(2-4-11)12(14,15)16/h1-4,7-8H,5-6H2. The Balaban J connectivity index is 2.23. The third-order valence-electron chi connectivity index (χ3n) is 2.48. The fourth-order valence-electron chi connectivity index (χ4n) is 1.54. The van der Waals surface area contributed by atoms with E-state index < -0.39 is 11.7 Å². The van der Waals surface area contributed by atoms with E-state index in [-0.39, 0.29) is 0 Å². The van der Waals surface area contributed by atoms with Crippen LogP contribution in [0.3, 0.4) is 0 Å². The van der Waals surface area contributed by atoms with Crippen molar-refractivity contribution in [1.29, 1.82) is 0 Å². The molecule has 1 aromatic heterocycles. The van der Waals surface area contributed by atoms with Gasteiger partial charge in [0.1, 0.15) is 0 Å². The molecule has 0 fully saturated rings. The molecule has 0 aliphatic heterocycles. The smallest absolute Gasteiger partial charge is 0.241 e. The monoisotopic (exact) mass is 318 g/mol. The minimum atomic E-state index is -4.30. The Morgan fingerprint density at radius 2 is 1.83 bits per heavy atom. The van der Waals surface area contributed by atoms with Gasteiger partial charge in [0.15, 0.2) is 0 Å². The SMILES string of the molecule is FC(F)(F)c1ccc(-n2cc(CCBr)cn2)cc1. The van der Waals surface area contributed by atoms with Crippen molar-refractivity contribution in [3.05, 3.63) is 47.8 Å². The average molecular weight is 319 g/mol. The molecule has 6 heteroatoms. The van der Waals surface area contributed by atoms with Gasteiger partial charge in [-0.05, 0) is 36.2 Å². The first-order valence-corrected chi connectivity index (χ1v) is 6.40. The average Bonchev–Trinajstić information content (AvgIpc) is 2.77. The molecule has 2 nitrogen and oxygen atoms in total. The molecule has 2 aromatic rings. The number of aryl methyl sites for hydroxylation is 1. The predicted octanol–water partition coefficient (Wildman–Crippen LogP) is 3.83. The van der Waals surface area contributed by atoms with Gasteiger partial charge in [0, 0.05) is 11.5 Å². The van der Waals surface area contributed by atoms with Crippen molar-refractivity contribution in [1.82, 2.24) is 9.78 Å². The maximum Gasteiger partial charge on any atom is 0.416 e. The van der Waals surface area contributed by atoms with Crippen LogP contribution >= 0.6 is 15.9 Å². The zero-order chi connectivity index (χ0) is 13.2. The predicted molar refractivity (Wildman–Crippen MR) is 66.1 cm³/mol. The first-order chi connectivity index (χ1) is 8.50. The second-order valence-electron chi connectivity index (χ2n) is 3.78. The molecule has 0 atom stereocenters. The number of rotatable bonds is 3.